The molecule has 1 heterocycles. The summed E-state index contributed by atoms with van der Waals surface area (Å²) in [7, 11) is 0. The minimum absolute atomic E-state index is 0.156. The number of hydrogen-bond donors (Lipinski definition) is 2. The molecule has 0 bridgehead atoms. The molecule has 0 saturated heterocycles. The number of nitrogens with zero attached hydrogens (tertiary/aromatic N) is 1. The van der Waals surface area contributed by atoms with Crippen molar-refractivity contribution in [3.63, 3.8) is 0 Å². The van der Waals surface area contributed by atoms with Crippen molar-refractivity contribution < 1.29 is 4.79 Å². The molecule has 0 radical (unpaired) electrons. The number of carbonyl (C=O) groups excluding carboxylic acids is 1. The number of pyridine rings is 1. The minimum Gasteiger partial charge on any atom is -0.384 e. The number of rotatable bonds is 5. The van der Waals surface area contributed by atoms with Gasteiger partial charge in [-0.05, 0) is 24.1 Å². The third-order valence-corrected chi connectivity index (χ3v) is 3.11. The lowest BCUT2D eigenvalue weighted by Crippen LogP contribution is -2.36. The Labute approximate surface area is 96.0 Å². The number of hydrogen-bond acceptors (Lipinski definition) is 4. The number of nitrogens with two attached hydrogens (primary N) is 2. The number of carbonyl (C=O) groups is 1. The van der Waals surface area contributed by atoms with Gasteiger partial charge in [-0.1, -0.05) is 13.8 Å². The predicted molar refractivity (Wildman–Crippen MR) is 64.8 cm³/mol. The first-order valence-electron chi connectivity index (χ1n) is 5.45. The summed E-state index contributed by atoms with van der Waals surface area (Å²) >= 11 is 0. The standard InChI is InChI=1S/C12H19N3O/c1-3-12(2,8-13)10(16)6-9-4-5-15-11(14)7-9/h4-5,7H,3,6,8,13H2,1-2H3,(H2,14,15). The molecule has 0 aromatic carbocycles. The molecule has 4 N–H and O–H groups in total. The summed E-state index contributed by atoms with van der Waals surface area (Å²) in [5.41, 5.74) is 11.7. The van der Waals surface area contributed by atoms with Gasteiger partial charge in [0.2, 0.25) is 0 Å². The van der Waals surface area contributed by atoms with Crippen molar-refractivity contribution >= 4 is 11.6 Å². The Morgan fingerprint density at radius 1 is 1.56 bits per heavy atom. The van der Waals surface area contributed by atoms with E-state index in [9.17, 15) is 4.79 Å². The van der Waals surface area contributed by atoms with Gasteiger partial charge in [0, 0.05) is 24.6 Å². The van der Waals surface area contributed by atoms with Gasteiger partial charge in [0.1, 0.15) is 11.6 Å². The van der Waals surface area contributed by atoms with E-state index in [0.29, 0.717) is 18.8 Å². The molecule has 1 aromatic heterocycles. The lowest BCUT2D eigenvalue weighted by Gasteiger charge is -2.24. The molecule has 4 heteroatoms. The van der Waals surface area contributed by atoms with E-state index in [1.54, 1.807) is 18.3 Å². The van der Waals surface area contributed by atoms with Crippen LogP contribution in [0.5, 0.6) is 0 Å². The van der Waals surface area contributed by atoms with Crippen LogP contribution in [0.4, 0.5) is 5.82 Å². The van der Waals surface area contributed by atoms with E-state index in [0.717, 1.165) is 12.0 Å². The molecule has 0 aliphatic rings. The van der Waals surface area contributed by atoms with Crippen LogP contribution >= 0.6 is 0 Å². The van der Waals surface area contributed by atoms with Crippen LogP contribution in [0.1, 0.15) is 25.8 Å². The zero-order valence-electron chi connectivity index (χ0n) is 9.86. The molecule has 0 aliphatic carbocycles. The average molecular weight is 221 g/mol. The Bertz CT molecular complexity index is 372. The summed E-state index contributed by atoms with van der Waals surface area (Å²) in [6, 6.07) is 3.53. The van der Waals surface area contributed by atoms with Gasteiger partial charge in [0.05, 0.1) is 0 Å². The van der Waals surface area contributed by atoms with Gasteiger partial charge < -0.3 is 11.5 Å². The highest BCUT2D eigenvalue weighted by molar-refractivity contribution is 5.86. The van der Waals surface area contributed by atoms with Crippen LogP contribution in [0.15, 0.2) is 18.3 Å². The third-order valence-electron chi connectivity index (χ3n) is 3.11. The molecule has 1 rings (SSSR count). The summed E-state index contributed by atoms with van der Waals surface area (Å²) in [4.78, 5) is 16.0. The Morgan fingerprint density at radius 2 is 2.25 bits per heavy atom. The molecule has 1 aromatic rings. The summed E-state index contributed by atoms with van der Waals surface area (Å²) in [5.74, 6) is 0.597. The SMILES string of the molecule is CCC(C)(CN)C(=O)Cc1ccnc(N)c1. The number of Topliss-reactive ketones (excluding diaryl/α,β-unsaturated/α-hetero) is 1. The maximum Gasteiger partial charge on any atom is 0.144 e. The molecule has 1 atom stereocenters. The zero-order valence-corrected chi connectivity index (χ0v) is 9.86. The van der Waals surface area contributed by atoms with E-state index in [1.165, 1.54) is 0 Å². The zero-order chi connectivity index (χ0) is 12.2. The molecule has 0 spiro atoms. The summed E-state index contributed by atoms with van der Waals surface area (Å²) in [6.45, 7) is 4.26. The van der Waals surface area contributed by atoms with Crippen molar-refractivity contribution in [3.05, 3.63) is 23.9 Å². The van der Waals surface area contributed by atoms with E-state index in [1.807, 2.05) is 13.8 Å². The van der Waals surface area contributed by atoms with Crippen LogP contribution in [-0.2, 0) is 11.2 Å². The molecule has 4 nitrogen and oxygen atoms in total. The molecule has 88 valence electrons. The Balaban J connectivity index is 2.78. The minimum atomic E-state index is -0.433. The van der Waals surface area contributed by atoms with Gasteiger partial charge >= 0.3 is 0 Å². The lowest BCUT2D eigenvalue weighted by molar-refractivity contribution is -0.126. The number of aromatic nitrogens is 1. The summed E-state index contributed by atoms with van der Waals surface area (Å²) in [6.07, 6.45) is 2.74. The molecule has 16 heavy (non-hydrogen) atoms. The topological polar surface area (TPSA) is 82.0 Å². The van der Waals surface area contributed by atoms with E-state index in [4.69, 9.17) is 11.5 Å². The van der Waals surface area contributed by atoms with Crippen LogP contribution in [0.3, 0.4) is 0 Å². The summed E-state index contributed by atoms with van der Waals surface area (Å²) < 4.78 is 0. The highest BCUT2D eigenvalue weighted by Gasteiger charge is 2.29. The maximum atomic E-state index is 12.1. The Hall–Kier alpha value is -1.42. The first-order valence-corrected chi connectivity index (χ1v) is 5.45. The molecule has 1 unspecified atom stereocenters. The second-order valence-electron chi connectivity index (χ2n) is 4.31. The van der Waals surface area contributed by atoms with E-state index in [2.05, 4.69) is 4.98 Å². The van der Waals surface area contributed by atoms with Gasteiger partial charge in [0.15, 0.2) is 0 Å². The van der Waals surface area contributed by atoms with Gasteiger partial charge in [-0.2, -0.15) is 0 Å². The quantitative estimate of drug-likeness (QED) is 0.781. The van der Waals surface area contributed by atoms with Gasteiger partial charge in [-0.25, -0.2) is 4.98 Å². The summed E-state index contributed by atoms with van der Waals surface area (Å²) in [5, 5.41) is 0. The van der Waals surface area contributed by atoms with Gasteiger partial charge in [-0.15, -0.1) is 0 Å². The second-order valence-corrected chi connectivity index (χ2v) is 4.31. The highest BCUT2D eigenvalue weighted by atomic mass is 16.1. The first-order chi connectivity index (χ1) is 7.51. The van der Waals surface area contributed by atoms with Crippen LogP contribution < -0.4 is 11.5 Å². The fourth-order valence-corrected chi connectivity index (χ4v) is 1.46. The fourth-order valence-electron chi connectivity index (χ4n) is 1.46. The van der Waals surface area contributed by atoms with E-state index < -0.39 is 5.41 Å². The molecular weight excluding hydrogens is 202 g/mol. The Kier molecular flexibility index (Phi) is 4.01. The maximum absolute atomic E-state index is 12.1. The van der Waals surface area contributed by atoms with Crippen molar-refractivity contribution in [2.24, 2.45) is 11.1 Å². The van der Waals surface area contributed by atoms with E-state index in [-0.39, 0.29) is 5.78 Å². The molecular formula is C12H19N3O. The van der Waals surface area contributed by atoms with Gasteiger partial charge in [0.25, 0.3) is 0 Å². The van der Waals surface area contributed by atoms with Crippen molar-refractivity contribution in [1.29, 1.82) is 0 Å². The van der Waals surface area contributed by atoms with Crippen LogP contribution in [0.25, 0.3) is 0 Å². The van der Waals surface area contributed by atoms with Crippen LogP contribution in [0, 0.1) is 5.41 Å². The monoisotopic (exact) mass is 221 g/mol. The molecule has 0 saturated carbocycles. The van der Waals surface area contributed by atoms with Crippen molar-refractivity contribution in [3.8, 4) is 0 Å². The van der Waals surface area contributed by atoms with Crippen molar-refractivity contribution in [2.75, 3.05) is 12.3 Å². The fraction of sp³-hybridized carbons (Fsp3) is 0.500. The van der Waals surface area contributed by atoms with Crippen LogP contribution in [-0.4, -0.2) is 17.3 Å². The van der Waals surface area contributed by atoms with E-state index >= 15 is 0 Å². The first kappa shape index (κ1) is 12.6. The van der Waals surface area contributed by atoms with Crippen LogP contribution in [0.2, 0.25) is 0 Å². The lowest BCUT2D eigenvalue weighted by atomic mass is 9.80. The predicted octanol–water partition coefficient (Wildman–Crippen LogP) is 1.15. The second kappa shape index (κ2) is 5.07. The largest absolute Gasteiger partial charge is 0.384 e. The average Bonchev–Trinajstić information content (AvgIpc) is 2.28. The molecule has 0 amide bonds. The smallest absolute Gasteiger partial charge is 0.144 e. The third kappa shape index (κ3) is 2.79. The normalized spacial score (nSPS) is 14.4. The Morgan fingerprint density at radius 3 is 2.75 bits per heavy atom. The number of ketones is 1. The number of anilines is 1. The van der Waals surface area contributed by atoms with Crippen molar-refractivity contribution in [1.82, 2.24) is 4.98 Å². The van der Waals surface area contributed by atoms with Crippen molar-refractivity contribution in [2.45, 2.75) is 26.7 Å². The molecule has 0 aliphatic heterocycles. The highest BCUT2D eigenvalue weighted by Crippen LogP contribution is 2.22. The van der Waals surface area contributed by atoms with Gasteiger partial charge in [-0.3, -0.25) is 4.79 Å². The number of nitrogen functional groups attached to an aromatic ring is 1. The molecule has 0 fully saturated rings.